The van der Waals surface area contributed by atoms with Crippen LogP contribution in [0.15, 0.2) is 97.1 Å². The van der Waals surface area contributed by atoms with Gasteiger partial charge < -0.3 is 28.4 Å². The quantitative estimate of drug-likeness (QED) is 0.0286. The largest absolute Gasteiger partial charge is 0.494 e. The first-order chi connectivity index (χ1) is 45.5. The molecule has 0 spiro atoms. The fourth-order valence-electron chi connectivity index (χ4n) is 11.4. The Hall–Kier alpha value is -6.14. The van der Waals surface area contributed by atoms with Gasteiger partial charge in [-0.05, 0) is 109 Å². The molecule has 0 aliphatic carbocycles. The van der Waals surface area contributed by atoms with Crippen molar-refractivity contribution in [1.82, 2.24) is 0 Å². The van der Waals surface area contributed by atoms with Crippen molar-refractivity contribution in [2.75, 3.05) is 39.6 Å². The maximum absolute atomic E-state index is 6.75. The van der Waals surface area contributed by atoms with Crippen LogP contribution in [-0.4, -0.2) is 39.6 Å². The molecule has 0 aromatic heterocycles. The van der Waals surface area contributed by atoms with Crippen molar-refractivity contribution < 1.29 is 28.4 Å². The summed E-state index contributed by atoms with van der Waals surface area (Å²) in [7, 11) is 0. The summed E-state index contributed by atoms with van der Waals surface area (Å²) >= 11 is 0. The normalized spacial score (nSPS) is 11.7. The number of unbranched alkanes of at least 4 members (excludes halogenated alkanes) is 30. The summed E-state index contributed by atoms with van der Waals surface area (Å²) in [5, 5.41) is 0. The number of ether oxygens (including phenoxy) is 6. The molecule has 506 valence electrons. The lowest BCUT2D eigenvalue weighted by molar-refractivity contribution is 0.295. The molecule has 0 saturated carbocycles. The lowest BCUT2D eigenvalue weighted by atomic mass is 10.0. The van der Waals surface area contributed by atoms with Crippen molar-refractivity contribution >= 4 is 48.6 Å². The fraction of sp³-hybridized carbons (Fsp3) is 0.558. The molecule has 0 unspecified atom stereocenters. The Balaban J connectivity index is 1.36. The van der Waals surface area contributed by atoms with E-state index in [1.54, 1.807) is 0 Å². The molecule has 6 nitrogen and oxygen atoms in total. The van der Waals surface area contributed by atoms with Crippen molar-refractivity contribution in [3.05, 3.63) is 142 Å². The lowest BCUT2D eigenvalue weighted by Crippen LogP contribution is -2.03. The second kappa shape index (κ2) is 51.3. The van der Waals surface area contributed by atoms with E-state index < -0.39 is 0 Å². The van der Waals surface area contributed by atoms with Gasteiger partial charge in [-0.15, -0.1) is 0 Å². The van der Waals surface area contributed by atoms with Crippen molar-refractivity contribution in [2.24, 2.45) is 0 Å². The van der Waals surface area contributed by atoms with E-state index in [2.05, 4.69) is 187 Å². The molecule has 0 fully saturated rings. The third kappa shape index (κ3) is 34.1. The van der Waals surface area contributed by atoms with E-state index in [-0.39, 0.29) is 0 Å². The molecule has 0 saturated heterocycles. The minimum absolute atomic E-state index is 0.674. The van der Waals surface area contributed by atoms with Gasteiger partial charge in [-0.25, -0.2) is 0 Å². The standard InChI is InChI=1S/C86H126O6/c1-7-13-19-25-31-37-63-87-81-59-61-83(89-65-39-33-27-21-15-9-3)77(69-81)55-51-73-43-47-75(48-44-73)53-57-79-71-86(92-68-42-36-30-24-18-12-6)80(72-85(79)91-67-41-35-29-23-17-11-5)58-54-76-49-45-74(46-50-76)52-56-78-70-82(88-64-38-32-26-20-14-8-2)60-62-84(78)90-66-40-34-28-22-16-10-4/h43-62,69-72H,7-42,63-68H2,1-6H3/b55-51-,56-52-,57-53-,58-54-. The molecule has 0 amide bonds. The van der Waals surface area contributed by atoms with Gasteiger partial charge in [0.05, 0.1) is 39.6 Å². The summed E-state index contributed by atoms with van der Waals surface area (Å²) in [6.45, 7) is 17.9. The third-order valence-electron chi connectivity index (χ3n) is 17.4. The number of hydrogen-bond acceptors (Lipinski definition) is 6. The molecule has 92 heavy (non-hydrogen) atoms. The van der Waals surface area contributed by atoms with E-state index in [4.69, 9.17) is 28.4 Å². The molecule has 5 rings (SSSR count). The SMILES string of the molecule is CCCCCCCCOc1ccc(OCCCCCCCC)c(/C=C\c2ccc(/C=C\c3cc(OCCCCCCCC)c(/C=C\c4ccc(/C=C\c5cc(OCCCCCCCC)ccc5OCCCCCCCC)cc4)cc3OCCCCCCCC)cc2)c1. The van der Waals surface area contributed by atoms with Crippen molar-refractivity contribution in [2.45, 2.75) is 273 Å². The maximum Gasteiger partial charge on any atom is 0.127 e. The maximum atomic E-state index is 6.75. The Morgan fingerprint density at radius 3 is 0.652 bits per heavy atom. The highest BCUT2D eigenvalue weighted by Crippen LogP contribution is 2.34. The predicted octanol–water partition coefficient (Wildman–Crippen LogP) is 26.8. The first kappa shape index (κ1) is 76.6. The Kier molecular flexibility index (Phi) is 42.7. The van der Waals surface area contributed by atoms with Gasteiger partial charge in [0.25, 0.3) is 0 Å². The molecule has 6 heteroatoms. The van der Waals surface area contributed by atoms with Gasteiger partial charge in [0.15, 0.2) is 0 Å². The molecule has 0 N–H and O–H groups in total. The molecule has 0 aliphatic rings. The van der Waals surface area contributed by atoms with Crippen LogP contribution in [0.1, 0.15) is 317 Å². The molecule has 0 heterocycles. The molecule has 0 radical (unpaired) electrons. The zero-order chi connectivity index (χ0) is 65.0. The van der Waals surface area contributed by atoms with Crippen molar-refractivity contribution in [3.8, 4) is 34.5 Å². The smallest absolute Gasteiger partial charge is 0.127 e. The Morgan fingerprint density at radius 2 is 0.402 bits per heavy atom. The lowest BCUT2D eigenvalue weighted by Gasteiger charge is -2.16. The van der Waals surface area contributed by atoms with Crippen LogP contribution in [0.4, 0.5) is 0 Å². The first-order valence-corrected chi connectivity index (χ1v) is 37.6. The minimum Gasteiger partial charge on any atom is -0.494 e. The summed E-state index contributed by atoms with van der Waals surface area (Å²) < 4.78 is 39.0. The van der Waals surface area contributed by atoms with Crippen LogP contribution in [0.3, 0.4) is 0 Å². The van der Waals surface area contributed by atoms with Gasteiger partial charge in [-0.3, -0.25) is 0 Å². The number of rotatable bonds is 56. The topological polar surface area (TPSA) is 55.4 Å². The zero-order valence-corrected chi connectivity index (χ0v) is 59.0. The summed E-state index contributed by atoms with van der Waals surface area (Å²) in [6, 6.07) is 34.6. The monoisotopic (exact) mass is 1250 g/mol. The Labute approximate surface area is 562 Å². The molecular formula is C86H126O6. The fourth-order valence-corrected chi connectivity index (χ4v) is 11.4. The van der Waals surface area contributed by atoms with Crippen LogP contribution in [0, 0.1) is 0 Å². The molecule has 5 aromatic carbocycles. The zero-order valence-electron chi connectivity index (χ0n) is 59.0. The minimum atomic E-state index is 0.674. The third-order valence-corrected chi connectivity index (χ3v) is 17.4. The van der Waals surface area contributed by atoms with Gasteiger partial charge in [0.1, 0.15) is 34.5 Å². The van der Waals surface area contributed by atoms with Crippen LogP contribution < -0.4 is 28.4 Å². The first-order valence-electron chi connectivity index (χ1n) is 37.6. The van der Waals surface area contributed by atoms with E-state index in [9.17, 15) is 0 Å². The van der Waals surface area contributed by atoms with Gasteiger partial charge in [-0.2, -0.15) is 0 Å². The van der Waals surface area contributed by atoms with Gasteiger partial charge in [0, 0.05) is 22.3 Å². The highest BCUT2D eigenvalue weighted by atomic mass is 16.5. The Bertz CT molecular complexity index is 2560. The van der Waals surface area contributed by atoms with Crippen molar-refractivity contribution in [3.63, 3.8) is 0 Å². The molecule has 0 aliphatic heterocycles. The Morgan fingerprint density at radius 1 is 0.196 bits per heavy atom. The molecule has 5 aromatic rings. The predicted molar refractivity (Wildman–Crippen MR) is 401 cm³/mol. The summed E-state index contributed by atoms with van der Waals surface area (Å²) in [6.07, 6.45) is 61.9. The summed E-state index contributed by atoms with van der Waals surface area (Å²) in [5.41, 5.74) is 8.61. The van der Waals surface area contributed by atoms with Gasteiger partial charge in [-0.1, -0.05) is 331 Å². The van der Waals surface area contributed by atoms with E-state index >= 15 is 0 Å². The van der Waals surface area contributed by atoms with Crippen molar-refractivity contribution in [1.29, 1.82) is 0 Å². The highest BCUT2D eigenvalue weighted by molar-refractivity contribution is 5.80. The number of hydrogen-bond donors (Lipinski definition) is 0. The van der Waals surface area contributed by atoms with Crippen LogP contribution in [0.5, 0.6) is 34.5 Å². The van der Waals surface area contributed by atoms with Crippen LogP contribution >= 0.6 is 0 Å². The average molecular weight is 1260 g/mol. The summed E-state index contributed by atoms with van der Waals surface area (Å²) in [5.74, 6) is 5.37. The highest BCUT2D eigenvalue weighted by Gasteiger charge is 2.13. The van der Waals surface area contributed by atoms with E-state index in [1.807, 2.05) is 0 Å². The number of benzene rings is 5. The van der Waals surface area contributed by atoms with Crippen LogP contribution in [0.25, 0.3) is 48.6 Å². The second-order valence-corrected chi connectivity index (χ2v) is 25.7. The molecular weight excluding hydrogens is 1130 g/mol. The van der Waals surface area contributed by atoms with Crippen LogP contribution in [0.2, 0.25) is 0 Å². The van der Waals surface area contributed by atoms with E-state index in [0.717, 1.165) is 144 Å². The molecule has 0 atom stereocenters. The van der Waals surface area contributed by atoms with E-state index in [0.29, 0.717) is 13.2 Å². The molecule has 0 bridgehead atoms. The van der Waals surface area contributed by atoms with E-state index in [1.165, 1.54) is 193 Å². The second-order valence-electron chi connectivity index (χ2n) is 25.7. The summed E-state index contributed by atoms with van der Waals surface area (Å²) in [4.78, 5) is 0. The van der Waals surface area contributed by atoms with Gasteiger partial charge in [0.2, 0.25) is 0 Å². The van der Waals surface area contributed by atoms with Crippen LogP contribution in [-0.2, 0) is 0 Å². The van der Waals surface area contributed by atoms with Gasteiger partial charge >= 0.3 is 0 Å². The average Bonchev–Trinajstić information content (AvgIpc) is 0.963.